The molecule has 1 saturated heterocycles. The van der Waals surface area contributed by atoms with Crippen LogP contribution in [0.3, 0.4) is 0 Å². The highest BCUT2D eigenvalue weighted by molar-refractivity contribution is 5.55. The van der Waals surface area contributed by atoms with E-state index in [1.54, 1.807) is 0 Å². The summed E-state index contributed by atoms with van der Waals surface area (Å²) in [4.78, 5) is 2.49. The van der Waals surface area contributed by atoms with E-state index in [4.69, 9.17) is 4.74 Å². The maximum Gasteiger partial charge on any atom is 0.0726 e. The Morgan fingerprint density at radius 1 is 1.20 bits per heavy atom. The Bertz CT molecular complexity index is 460. The fourth-order valence-corrected chi connectivity index (χ4v) is 3.08. The number of morpholine rings is 1. The van der Waals surface area contributed by atoms with Crippen LogP contribution in [0, 0.1) is 6.92 Å². The van der Waals surface area contributed by atoms with Gasteiger partial charge in [0.15, 0.2) is 0 Å². The quantitative estimate of drug-likeness (QED) is 0.913. The summed E-state index contributed by atoms with van der Waals surface area (Å²) >= 11 is 0. The van der Waals surface area contributed by atoms with E-state index in [9.17, 15) is 0 Å². The van der Waals surface area contributed by atoms with Crippen LogP contribution in [0.4, 0.5) is 5.69 Å². The minimum Gasteiger partial charge on any atom is -0.372 e. The molecule has 0 radical (unpaired) electrons. The molecule has 0 unspecified atom stereocenters. The van der Waals surface area contributed by atoms with Crippen LogP contribution < -0.4 is 10.2 Å². The Hall–Kier alpha value is -1.06. The van der Waals surface area contributed by atoms with E-state index in [-0.39, 0.29) is 0 Å². The molecule has 0 aromatic heterocycles. The first kappa shape index (κ1) is 13.9. The molecule has 1 aromatic carbocycles. The maximum atomic E-state index is 5.85. The van der Waals surface area contributed by atoms with Gasteiger partial charge in [0.25, 0.3) is 0 Å². The minimum absolute atomic E-state index is 0.310. The summed E-state index contributed by atoms with van der Waals surface area (Å²) in [6.07, 6.45) is 3.30. The van der Waals surface area contributed by atoms with Gasteiger partial charge in [-0.25, -0.2) is 0 Å². The van der Waals surface area contributed by atoms with Crippen molar-refractivity contribution in [3.05, 3.63) is 29.3 Å². The summed E-state index contributed by atoms with van der Waals surface area (Å²) in [6.45, 7) is 9.47. The Labute approximate surface area is 122 Å². The molecule has 0 spiro atoms. The molecule has 2 fully saturated rings. The highest BCUT2D eigenvalue weighted by Gasteiger charge is 2.25. The normalized spacial score (nSPS) is 26.9. The fraction of sp³-hybridized carbons (Fsp3) is 0.647. The molecular weight excluding hydrogens is 248 g/mol. The van der Waals surface area contributed by atoms with Crippen LogP contribution >= 0.6 is 0 Å². The summed E-state index contributed by atoms with van der Waals surface area (Å²) in [7, 11) is 0. The number of hydrogen-bond donors (Lipinski definition) is 1. The van der Waals surface area contributed by atoms with Gasteiger partial charge in [0, 0.05) is 31.4 Å². The van der Waals surface area contributed by atoms with E-state index in [0.29, 0.717) is 12.2 Å². The Morgan fingerprint density at radius 2 is 1.90 bits per heavy atom. The lowest BCUT2D eigenvalue weighted by molar-refractivity contribution is -0.00526. The third kappa shape index (κ3) is 3.33. The van der Waals surface area contributed by atoms with Crippen LogP contribution in [0.1, 0.15) is 37.8 Å². The third-order valence-electron chi connectivity index (χ3n) is 4.15. The number of ether oxygens (including phenoxy) is 1. The molecule has 0 bridgehead atoms. The van der Waals surface area contributed by atoms with Crippen molar-refractivity contribution in [2.45, 2.75) is 58.4 Å². The van der Waals surface area contributed by atoms with E-state index < -0.39 is 0 Å². The zero-order valence-electron chi connectivity index (χ0n) is 12.9. The Kier molecular flexibility index (Phi) is 3.99. The van der Waals surface area contributed by atoms with Crippen molar-refractivity contribution in [3.63, 3.8) is 0 Å². The van der Waals surface area contributed by atoms with Gasteiger partial charge >= 0.3 is 0 Å². The molecule has 3 nitrogen and oxygen atoms in total. The lowest BCUT2D eigenvalue weighted by Crippen LogP contribution is -2.46. The van der Waals surface area contributed by atoms with Crippen LogP contribution in [0.25, 0.3) is 0 Å². The maximum absolute atomic E-state index is 5.85. The van der Waals surface area contributed by atoms with Gasteiger partial charge in [0.05, 0.1) is 12.2 Å². The van der Waals surface area contributed by atoms with Crippen molar-refractivity contribution >= 4 is 5.69 Å². The van der Waals surface area contributed by atoms with Gasteiger partial charge in [-0.05, 0) is 45.2 Å². The molecule has 110 valence electrons. The van der Waals surface area contributed by atoms with Gasteiger partial charge in [-0.15, -0.1) is 0 Å². The van der Waals surface area contributed by atoms with Gasteiger partial charge in [0.2, 0.25) is 0 Å². The monoisotopic (exact) mass is 274 g/mol. The average molecular weight is 274 g/mol. The number of nitrogens with zero attached hydrogens (tertiary/aromatic N) is 1. The van der Waals surface area contributed by atoms with Gasteiger partial charge in [-0.1, -0.05) is 17.7 Å². The second-order valence-corrected chi connectivity index (χ2v) is 6.45. The molecular formula is C17H26N2O. The lowest BCUT2D eigenvalue weighted by atomic mass is 10.1. The molecule has 1 N–H and O–H groups in total. The predicted molar refractivity (Wildman–Crippen MR) is 83.3 cm³/mol. The van der Waals surface area contributed by atoms with Gasteiger partial charge < -0.3 is 15.0 Å². The minimum atomic E-state index is 0.310. The van der Waals surface area contributed by atoms with Gasteiger partial charge in [-0.2, -0.15) is 0 Å². The van der Waals surface area contributed by atoms with Crippen molar-refractivity contribution in [2.24, 2.45) is 0 Å². The third-order valence-corrected chi connectivity index (χ3v) is 4.15. The molecule has 3 heteroatoms. The van der Waals surface area contributed by atoms with Crippen molar-refractivity contribution in [1.82, 2.24) is 5.32 Å². The number of rotatable bonds is 4. The Balaban J connectivity index is 1.79. The smallest absolute Gasteiger partial charge is 0.0726 e. The molecule has 1 heterocycles. The van der Waals surface area contributed by atoms with E-state index in [1.807, 2.05) is 0 Å². The van der Waals surface area contributed by atoms with Crippen LogP contribution in [-0.4, -0.2) is 31.3 Å². The first-order chi connectivity index (χ1) is 9.61. The highest BCUT2D eigenvalue weighted by atomic mass is 16.5. The molecule has 1 aromatic rings. The second-order valence-electron chi connectivity index (χ2n) is 6.45. The number of nitrogens with one attached hydrogen (secondary N) is 1. The van der Waals surface area contributed by atoms with Crippen molar-refractivity contribution < 1.29 is 4.74 Å². The topological polar surface area (TPSA) is 24.5 Å². The van der Waals surface area contributed by atoms with Gasteiger partial charge in [-0.3, -0.25) is 0 Å². The molecule has 2 aliphatic rings. The molecule has 1 aliphatic carbocycles. The van der Waals surface area contributed by atoms with Crippen LogP contribution in [-0.2, 0) is 11.3 Å². The summed E-state index contributed by atoms with van der Waals surface area (Å²) < 4.78 is 5.85. The van der Waals surface area contributed by atoms with Crippen LogP contribution in [0.15, 0.2) is 18.2 Å². The molecule has 2 atom stereocenters. The van der Waals surface area contributed by atoms with E-state index in [2.05, 4.69) is 49.2 Å². The van der Waals surface area contributed by atoms with Gasteiger partial charge in [0.1, 0.15) is 0 Å². The van der Waals surface area contributed by atoms with E-state index in [1.165, 1.54) is 29.7 Å². The van der Waals surface area contributed by atoms with Crippen LogP contribution in [0.5, 0.6) is 0 Å². The average Bonchev–Trinajstić information content (AvgIpc) is 3.19. The van der Waals surface area contributed by atoms with Crippen molar-refractivity contribution in [3.8, 4) is 0 Å². The number of hydrogen-bond acceptors (Lipinski definition) is 3. The molecule has 3 rings (SSSR count). The largest absolute Gasteiger partial charge is 0.372 e. The highest BCUT2D eigenvalue weighted by Crippen LogP contribution is 2.27. The zero-order chi connectivity index (χ0) is 14.1. The molecule has 1 saturated carbocycles. The zero-order valence-corrected chi connectivity index (χ0v) is 12.9. The fourth-order valence-electron chi connectivity index (χ4n) is 3.08. The number of anilines is 1. The number of aryl methyl sites for hydroxylation is 1. The lowest BCUT2D eigenvalue weighted by Gasteiger charge is -2.38. The Morgan fingerprint density at radius 3 is 2.55 bits per heavy atom. The summed E-state index contributed by atoms with van der Waals surface area (Å²) in [5, 5.41) is 3.64. The molecule has 0 amide bonds. The molecule has 1 aliphatic heterocycles. The second kappa shape index (κ2) is 5.74. The first-order valence-corrected chi connectivity index (χ1v) is 7.85. The summed E-state index contributed by atoms with van der Waals surface area (Å²) in [5.41, 5.74) is 4.15. The first-order valence-electron chi connectivity index (χ1n) is 7.85. The standard InChI is InChI=1S/C17H26N2O/c1-12-4-7-17(15(8-12)9-18-16-5-6-16)19-10-13(2)20-14(3)11-19/h4,7-8,13-14,16,18H,5-6,9-11H2,1-3H3/t13-,14+. The SMILES string of the molecule is Cc1ccc(N2C[C@@H](C)O[C@@H](C)C2)c(CNC2CC2)c1. The summed E-state index contributed by atoms with van der Waals surface area (Å²) in [5.74, 6) is 0. The summed E-state index contributed by atoms with van der Waals surface area (Å²) in [6, 6.07) is 7.59. The van der Waals surface area contributed by atoms with E-state index >= 15 is 0 Å². The molecule has 20 heavy (non-hydrogen) atoms. The van der Waals surface area contributed by atoms with Crippen molar-refractivity contribution in [1.29, 1.82) is 0 Å². The van der Waals surface area contributed by atoms with Crippen molar-refractivity contribution in [2.75, 3.05) is 18.0 Å². The number of benzene rings is 1. The predicted octanol–water partition coefficient (Wildman–Crippen LogP) is 2.86. The van der Waals surface area contributed by atoms with Crippen LogP contribution in [0.2, 0.25) is 0 Å². The van der Waals surface area contributed by atoms with E-state index in [0.717, 1.165) is 25.7 Å².